The van der Waals surface area contributed by atoms with Crippen LogP contribution in [0.25, 0.3) is 0 Å². The first kappa shape index (κ1) is 26.2. The lowest BCUT2D eigenvalue weighted by molar-refractivity contribution is -0.146. The Morgan fingerprint density at radius 3 is 2.43 bits per heavy atom. The van der Waals surface area contributed by atoms with Crippen LogP contribution in [-0.4, -0.2) is 30.8 Å². The molecule has 5 nitrogen and oxygen atoms in total. The summed E-state index contributed by atoms with van der Waals surface area (Å²) in [7, 11) is 1.67. The fraction of sp³-hybridized carbons (Fsp3) is 0.387. The molecule has 1 spiro atoms. The summed E-state index contributed by atoms with van der Waals surface area (Å²) in [4.78, 5) is 16.4. The van der Waals surface area contributed by atoms with Crippen molar-refractivity contribution in [3.05, 3.63) is 93.1 Å². The van der Waals surface area contributed by atoms with Gasteiger partial charge in [0.15, 0.2) is 5.60 Å². The molecule has 1 N–H and O–H groups in total. The predicted octanol–water partition coefficient (Wildman–Crippen LogP) is 6.05. The normalized spacial score (nSPS) is 25.1. The molecule has 0 bridgehead atoms. The van der Waals surface area contributed by atoms with Gasteiger partial charge in [-0.1, -0.05) is 63.2 Å². The number of nitrogens with zero attached hydrogens (tertiary/aromatic N) is 1. The number of aliphatic hydroxyl groups excluding tert-OH is 1. The minimum absolute atomic E-state index is 0.000567. The summed E-state index contributed by atoms with van der Waals surface area (Å²) in [5.74, 6) is 0.673. The van der Waals surface area contributed by atoms with Crippen molar-refractivity contribution >= 4 is 34.2 Å². The molecular formula is C31H34INO4. The maximum Gasteiger partial charge on any atom is 0.264 e. The molecule has 4 atom stereocenters. The van der Waals surface area contributed by atoms with Crippen molar-refractivity contribution in [1.82, 2.24) is 0 Å². The number of amides is 1. The van der Waals surface area contributed by atoms with Crippen molar-refractivity contribution < 1.29 is 19.4 Å². The van der Waals surface area contributed by atoms with E-state index in [0.717, 1.165) is 31.7 Å². The highest BCUT2D eigenvalue weighted by Crippen LogP contribution is 2.60. The van der Waals surface area contributed by atoms with Gasteiger partial charge in [-0.2, -0.15) is 0 Å². The van der Waals surface area contributed by atoms with E-state index in [9.17, 15) is 9.90 Å². The van der Waals surface area contributed by atoms with E-state index in [1.54, 1.807) is 7.11 Å². The molecule has 37 heavy (non-hydrogen) atoms. The van der Waals surface area contributed by atoms with Gasteiger partial charge in [-0.05, 0) is 75.9 Å². The number of benzene rings is 3. The molecule has 1 amide bonds. The van der Waals surface area contributed by atoms with Crippen LogP contribution in [0, 0.1) is 15.4 Å². The van der Waals surface area contributed by atoms with Crippen molar-refractivity contribution in [1.29, 1.82) is 0 Å². The highest BCUT2D eigenvalue weighted by atomic mass is 127. The second-order valence-electron chi connectivity index (χ2n) is 10.7. The summed E-state index contributed by atoms with van der Waals surface area (Å²) < 4.78 is 13.4. The Balaban J connectivity index is 1.61. The van der Waals surface area contributed by atoms with Gasteiger partial charge in [0.05, 0.1) is 25.4 Å². The lowest BCUT2D eigenvalue weighted by atomic mass is 9.63. The fourth-order valence-corrected chi connectivity index (χ4v) is 7.10. The standard InChI is InChI=1S/C31H34INO4/c1-20-28(30(2,3)22-10-13-24(36-4)14-11-22)27(16-17-34)37-31(20)25-18-23(32)12-15-26(25)33(29(31)35)19-21-8-6-5-7-9-21/h5-15,18,20,27-28,34H,16-17,19H2,1-4H3/t20-,27+,28-,31+/m1/s1. The molecule has 6 heteroatoms. The number of aliphatic hydroxyl groups is 1. The molecule has 0 saturated carbocycles. The second-order valence-corrected chi connectivity index (χ2v) is 12.0. The summed E-state index contributed by atoms with van der Waals surface area (Å²) >= 11 is 2.31. The molecule has 1 saturated heterocycles. The van der Waals surface area contributed by atoms with Gasteiger partial charge in [-0.25, -0.2) is 0 Å². The Labute approximate surface area is 232 Å². The third-order valence-corrected chi connectivity index (χ3v) is 9.07. The minimum Gasteiger partial charge on any atom is -0.497 e. The van der Waals surface area contributed by atoms with Crippen LogP contribution < -0.4 is 9.64 Å². The van der Waals surface area contributed by atoms with Gasteiger partial charge in [0, 0.05) is 27.6 Å². The molecule has 1 fully saturated rings. The Morgan fingerprint density at radius 1 is 1.08 bits per heavy atom. The summed E-state index contributed by atoms with van der Waals surface area (Å²) in [6, 6.07) is 24.4. The highest BCUT2D eigenvalue weighted by molar-refractivity contribution is 14.1. The molecular weight excluding hydrogens is 577 g/mol. The maximum absolute atomic E-state index is 14.5. The number of fused-ring (bicyclic) bond motifs is 2. The van der Waals surface area contributed by atoms with Crippen LogP contribution in [0.1, 0.15) is 43.9 Å². The molecule has 2 aliphatic rings. The van der Waals surface area contributed by atoms with Gasteiger partial charge in [-0.15, -0.1) is 0 Å². The van der Waals surface area contributed by atoms with E-state index < -0.39 is 5.60 Å². The minimum atomic E-state index is -1.10. The van der Waals surface area contributed by atoms with E-state index in [2.05, 4.69) is 61.6 Å². The highest BCUT2D eigenvalue weighted by Gasteiger charge is 2.65. The largest absolute Gasteiger partial charge is 0.497 e. The smallest absolute Gasteiger partial charge is 0.264 e. The molecule has 0 unspecified atom stereocenters. The van der Waals surface area contributed by atoms with Gasteiger partial charge < -0.3 is 19.5 Å². The SMILES string of the molecule is COc1ccc(C(C)(C)[C@H]2[C@H](CCO)O[C@@]3(C(=O)N(Cc4ccccc4)c4ccc(I)cc43)[C@@H]2C)cc1. The molecule has 194 valence electrons. The fourth-order valence-electron chi connectivity index (χ4n) is 6.61. The number of hydrogen-bond donors (Lipinski definition) is 1. The Kier molecular flexibility index (Phi) is 7.11. The van der Waals surface area contributed by atoms with E-state index >= 15 is 0 Å². The second kappa shape index (κ2) is 10.0. The third kappa shape index (κ3) is 4.27. The van der Waals surface area contributed by atoms with Crippen LogP contribution in [0.15, 0.2) is 72.8 Å². The van der Waals surface area contributed by atoms with Crippen molar-refractivity contribution in [2.45, 2.75) is 50.9 Å². The molecule has 2 heterocycles. The third-order valence-electron chi connectivity index (χ3n) is 8.39. The number of methoxy groups -OCH3 is 1. The number of anilines is 1. The van der Waals surface area contributed by atoms with E-state index in [1.165, 1.54) is 0 Å². The number of rotatable bonds is 7. The number of halogens is 1. The first-order chi connectivity index (χ1) is 17.7. The van der Waals surface area contributed by atoms with Crippen LogP contribution in [0.3, 0.4) is 0 Å². The number of ether oxygens (including phenoxy) is 2. The van der Waals surface area contributed by atoms with Crippen molar-refractivity contribution in [2.24, 2.45) is 11.8 Å². The van der Waals surface area contributed by atoms with Gasteiger partial charge >= 0.3 is 0 Å². The van der Waals surface area contributed by atoms with Crippen molar-refractivity contribution in [3.63, 3.8) is 0 Å². The van der Waals surface area contributed by atoms with Crippen LogP contribution >= 0.6 is 22.6 Å². The molecule has 5 rings (SSSR count). The molecule has 0 aromatic heterocycles. The first-order valence-corrected chi connectivity index (χ1v) is 13.9. The van der Waals surface area contributed by atoms with Gasteiger partial charge in [0.2, 0.25) is 0 Å². The Morgan fingerprint density at radius 2 is 1.78 bits per heavy atom. The van der Waals surface area contributed by atoms with Crippen LogP contribution in [-0.2, 0) is 27.1 Å². The molecule has 3 aromatic rings. The summed E-state index contributed by atoms with van der Waals surface area (Å²) in [5, 5.41) is 10.0. The first-order valence-electron chi connectivity index (χ1n) is 12.8. The van der Waals surface area contributed by atoms with E-state index in [1.807, 2.05) is 59.5 Å². The van der Waals surface area contributed by atoms with Gasteiger partial charge in [0.1, 0.15) is 5.75 Å². The lowest BCUT2D eigenvalue weighted by Crippen LogP contribution is -2.45. The zero-order valence-electron chi connectivity index (χ0n) is 21.8. The van der Waals surface area contributed by atoms with E-state index in [0.29, 0.717) is 13.0 Å². The quantitative estimate of drug-likeness (QED) is 0.331. The Bertz CT molecular complexity index is 1280. The average molecular weight is 612 g/mol. The summed E-state index contributed by atoms with van der Waals surface area (Å²) in [6.07, 6.45) is 0.199. The zero-order valence-corrected chi connectivity index (χ0v) is 23.9. The molecule has 0 aliphatic carbocycles. The van der Waals surface area contributed by atoms with E-state index in [4.69, 9.17) is 9.47 Å². The Hall–Kier alpha value is -2.42. The van der Waals surface area contributed by atoms with E-state index in [-0.39, 0.29) is 35.9 Å². The topological polar surface area (TPSA) is 59.0 Å². The molecule has 3 aromatic carbocycles. The maximum atomic E-state index is 14.5. The van der Waals surface area contributed by atoms with Crippen LogP contribution in [0.2, 0.25) is 0 Å². The summed E-state index contributed by atoms with van der Waals surface area (Å²) in [6.45, 7) is 7.09. The van der Waals surface area contributed by atoms with Gasteiger partial charge in [0.25, 0.3) is 5.91 Å². The van der Waals surface area contributed by atoms with Crippen molar-refractivity contribution in [3.8, 4) is 5.75 Å². The average Bonchev–Trinajstić information content (AvgIpc) is 3.32. The van der Waals surface area contributed by atoms with Crippen LogP contribution in [0.5, 0.6) is 5.75 Å². The number of carbonyl (C=O) groups excluding carboxylic acids is 1. The number of carbonyl (C=O) groups is 1. The lowest BCUT2D eigenvalue weighted by Gasteiger charge is -2.38. The summed E-state index contributed by atoms with van der Waals surface area (Å²) in [5.41, 5.74) is 2.66. The van der Waals surface area contributed by atoms with Crippen LogP contribution in [0.4, 0.5) is 5.69 Å². The monoisotopic (exact) mass is 611 g/mol. The van der Waals surface area contributed by atoms with Crippen molar-refractivity contribution in [2.75, 3.05) is 18.6 Å². The molecule has 2 aliphatic heterocycles. The molecule has 0 radical (unpaired) electrons. The number of hydrogen-bond acceptors (Lipinski definition) is 4. The predicted molar refractivity (Wildman–Crippen MR) is 154 cm³/mol. The van der Waals surface area contributed by atoms with Gasteiger partial charge in [-0.3, -0.25) is 4.79 Å². The zero-order chi connectivity index (χ0) is 26.4.